The Morgan fingerprint density at radius 3 is 2.16 bits per heavy atom. The molecule has 2 amide bonds. The van der Waals surface area contributed by atoms with E-state index >= 15 is 0 Å². The highest BCUT2D eigenvalue weighted by atomic mass is 32.2. The highest BCUT2D eigenvalue weighted by molar-refractivity contribution is 8.00. The minimum absolute atomic E-state index is 0.00733. The summed E-state index contributed by atoms with van der Waals surface area (Å²) in [5.41, 5.74) is 4.46. The van der Waals surface area contributed by atoms with Crippen molar-refractivity contribution < 1.29 is 14.3 Å². The van der Waals surface area contributed by atoms with Gasteiger partial charge in [0.1, 0.15) is 5.75 Å². The van der Waals surface area contributed by atoms with E-state index in [4.69, 9.17) is 4.74 Å². The van der Waals surface area contributed by atoms with E-state index in [1.165, 1.54) is 0 Å². The van der Waals surface area contributed by atoms with E-state index < -0.39 is 0 Å². The minimum Gasteiger partial charge on any atom is -0.497 e. The smallest absolute Gasteiger partial charge is 0.255 e. The van der Waals surface area contributed by atoms with Crippen LogP contribution in [0.4, 0.5) is 0 Å². The molecule has 38 heavy (non-hydrogen) atoms. The molecule has 0 spiro atoms. The van der Waals surface area contributed by atoms with Gasteiger partial charge in [-0.3, -0.25) is 9.59 Å². The Labute approximate surface area is 227 Å². The summed E-state index contributed by atoms with van der Waals surface area (Å²) in [6.45, 7) is 4.11. The molecule has 6 nitrogen and oxygen atoms in total. The Hall–Kier alpha value is -3.97. The van der Waals surface area contributed by atoms with Crippen molar-refractivity contribution in [3.8, 4) is 22.7 Å². The fourth-order valence-electron chi connectivity index (χ4n) is 4.81. The SMILES string of the molecule is COc1cccc(-c2cc(C(=O)N3CCN(C(=O)CSc4ccccc4)CC3)c(C)n2-c2ccccc2)c1. The second-order valence-electron chi connectivity index (χ2n) is 9.21. The van der Waals surface area contributed by atoms with Gasteiger partial charge in [-0.25, -0.2) is 0 Å². The van der Waals surface area contributed by atoms with Crippen molar-refractivity contribution in [2.45, 2.75) is 11.8 Å². The van der Waals surface area contributed by atoms with Gasteiger partial charge in [-0.05, 0) is 49.4 Å². The van der Waals surface area contributed by atoms with Crippen LogP contribution in [-0.2, 0) is 4.79 Å². The summed E-state index contributed by atoms with van der Waals surface area (Å²) in [6, 6.07) is 29.9. The molecular weight excluding hydrogens is 494 g/mol. The lowest BCUT2D eigenvalue weighted by molar-refractivity contribution is -0.129. The largest absolute Gasteiger partial charge is 0.497 e. The quantitative estimate of drug-likeness (QED) is 0.298. The molecule has 5 rings (SSSR count). The number of rotatable bonds is 7. The number of nitrogens with zero attached hydrogens (tertiary/aromatic N) is 3. The second-order valence-corrected chi connectivity index (χ2v) is 10.3. The summed E-state index contributed by atoms with van der Waals surface area (Å²) in [4.78, 5) is 31.3. The number of ether oxygens (including phenoxy) is 1. The van der Waals surface area contributed by atoms with Crippen molar-refractivity contribution in [3.63, 3.8) is 0 Å². The van der Waals surface area contributed by atoms with E-state index in [1.54, 1.807) is 18.9 Å². The first-order chi connectivity index (χ1) is 18.5. The van der Waals surface area contributed by atoms with Crippen molar-refractivity contribution in [1.82, 2.24) is 14.4 Å². The van der Waals surface area contributed by atoms with Gasteiger partial charge in [-0.1, -0.05) is 48.5 Å². The Balaban J connectivity index is 1.34. The number of hydrogen-bond acceptors (Lipinski definition) is 4. The first-order valence-corrected chi connectivity index (χ1v) is 13.7. The molecule has 0 atom stereocenters. The van der Waals surface area contributed by atoms with Crippen LogP contribution in [-0.4, -0.2) is 65.2 Å². The molecule has 0 unspecified atom stereocenters. The maximum absolute atomic E-state index is 13.7. The van der Waals surface area contributed by atoms with Crippen LogP contribution in [0.5, 0.6) is 5.75 Å². The lowest BCUT2D eigenvalue weighted by atomic mass is 10.1. The summed E-state index contributed by atoms with van der Waals surface area (Å²) >= 11 is 1.55. The fraction of sp³-hybridized carbons (Fsp3) is 0.226. The van der Waals surface area contributed by atoms with Crippen molar-refractivity contribution in [2.24, 2.45) is 0 Å². The second kappa shape index (κ2) is 11.6. The molecular formula is C31H31N3O3S. The fourth-order valence-corrected chi connectivity index (χ4v) is 5.63. The number of methoxy groups -OCH3 is 1. The number of hydrogen-bond donors (Lipinski definition) is 0. The first-order valence-electron chi connectivity index (χ1n) is 12.7. The molecule has 0 bridgehead atoms. The normalized spacial score (nSPS) is 13.4. The van der Waals surface area contributed by atoms with Gasteiger partial charge in [0.05, 0.1) is 24.1 Å². The van der Waals surface area contributed by atoms with Crippen LogP contribution < -0.4 is 4.74 Å². The Bertz CT molecular complexity index is 1410. The lowest BCUT2D eigenvalue weighted by Crippen LogP contribution is -2.51. The van der Waals surface area contributed by atoms with Gasteiger partial charge in [-0.2, -0.15) is 0 Å². The number of carbonyl (C=O) groups is 2. The number of piperazine rings is 1. The summed E-state index contributed by atoms with van der Waals surface area (Å²) in [7, 11) is 1.65. The van der Waals surface area contributed by atoms with E-state index in [0.29, 0.717) is 37.5 Å². The van der Waals surface area contributed by atoms with Gasteiger partial charge < -0.3 is 19.1 Å². The van der Waals surface area contributed by atoms with E-state index in [2.05, 4.69) is 4.57 Å². The Morgan fingerprint density at radius 1 is 0.816 bits per heavy atom. The molecule has 1 aromatic heterocycles. The Kier molecular flexibility index (Phi) is 7.84. The molecule has 2 heterocycles. The lowest BCUT2D eigenvalue weighted by Gasteiger charge is -2.34. The number of benzene rings is 3. The highest BCUT2D eigenvalue weighted by Crippen LogP contribution is 2.32. The van der Waals surface area contributed by atoms with Crippen LogP contribution >= 0.6 is 11.8 Å². The van der Waals surface area contributed by atoms with Gasteiger partial charge in [0, 0.05) is 48.0 Å². The monoisotopic (exact) mass is 525 g/mol. The Morgan fingerprint density at radius 2 is 1.47 bits per heavy atom. The number of thioether (sulfide) groups is 1. The molecule has 0 N–H and O–H groups in total. The van der Waals surface area contributed by atoms with Crippen LogP contribution in [0.1, 0.15) is 16.1 Å². The van der Waals surface area contributed by atoms with Crippen molar-refractivity contribution in [1.29, 1.82) is 0 Å². The zero-order chi connectivity index (χ0) is 26.5. The number of amides is 2. The van der Waals surface area contributed by atoms with Gasteiger partial charge >= 0.3 is 0 Å². The van der Waals surface area contributed by atoms with Gasteiger partial charge in [0.25, 0.3) is 5.91 Å². The maximum Gasteiger partial charge on any atom is 0.255 e. The molecule has 0 aliphatic carbocycles. The molecule has 1 aliphatic heterocycles. The molecule has 0 saturated carbocycles. The summed E-state index contributed by atoms with van der Waals surface area (Å²) in [5.74, 6) is 1.27. The zero-order valence-corrected chi connectivity index (χ0v) is 22.5. The third kappa shape index (κ3) is 5.48. The van der Waals surface area contributed by atoms with E-state index in [9.17, 15) is 9.59 Å². The van der Waals surface area contributed by atoms with Crippen LogP contribution in [0, 0.1) is 6.92 Å². The third-order valence-corrected chi connectivity index (χ3v) is 7.88. The van der Waals surface area contributed by atoms with Crippen LogP contribution in [0.3, 0.4) is 0 Å². The van der Waals surface area contributed by atoms with E-state index in [1.807, 2.05) is 108 Å². The van der Waals surface area contributed by atoms with Crippen LogP contribution in [0.25, 0.3) is 16.9 Å². The molecule has 0 radical (unpaired) electrons. The molecule has 1 fully saturated rings. The van der Waals surface area contributed by atoms with E-state index in [0.717, 1.165) is 33.3 Å². The van der Waals surface area contributed by atoms with Crippen molar-refractivity contribution >= 4 is 23.6 Å². The third-order valence-electron chi connectivity index (χ3n) is 6.88. The topological polar surface area (TPSA) is 54.8 Å². The highest BCUT2D eigenvalue weighted by Gasteiger charge is 2.28. The number of para-hydroxylation sites is 1. The predicted molar refractivity (Wildman–Crippen MR) is 152 cm³/mol. The van der Waals surface area contributed by atoms with Crippen molar-refractivity contribution in [3.05, 3.63) is 102 Å². The number of aromatic nitrogens is 1. The van der Waals surface area contributed by atoms with Crippen LogP contribution in [0.15, 0.2) is 95.9 Å². The van der Waals surface area contributed by atoms with Crippen molar-refractivity contribution in [2.75, 3.05) is 39.0 Å². The zero-order valence-electron chi connectivity index (χ0n) is 21.7. The summed E-state index contributed by atoms with van der Waals surface area (Å²) in [5, 5.41) is 0. The van der Waals surface area contributed by atoms with Gasteiger partial charge in [0.15, 0.2) is 0 Å². The molecule has 194 valence electrons. The van der Waals surface area contributed by atoms with E-state index in [-0.39, 0.29) is 11.8 Å². The van der Waals surface area contributed by atoms with Crippen LogP contribution in [0.2, 0.25) is 0 Å². The number of carbonyl (C=O) groups excluding carboxylic acids is 2. The molecule has 1 aliphatic rings. The average Bonchev–Trinajstić information content (AvgIpc) is 3.33. The van der Waals surface area contributed by atoms with Gasteiger partial charge in [-0.15, -0.1) is 11.8 Å². The molecule has 7 heteroatoms. The predicted octanol–water partition coefficient (Wildman–Crippen LogP) is 5.54. The molecule has 1 saturated heterocycles. The summed E-state index contributed by atoms with van der Waals surface area (Å²) < 4.78 is 7.58. The minimum atomic E-state index is -0.00733. The maximum atomic E-state index is 13.7. The molecule has 4 aromatic rings. The molecule has 3 aromatic carbocycles. The average molecular weight is 526 g/mol. The summed E-state index contributed by atoms with van der Waals surface area (Å²) in [6.07, 6.45) is 0. The standard InChI is InChI=1S/C31H31N3O3S/c1-23-28(21-29(24-10-9-13-26(20-24)37-2)34(23)25-11-5-3-6-12-25)31(36)33-18-16-32(17-19-33)30(35)22-38-27-14-7-4-8-15-27/h3-15,20-21H,16-19,22H2,1-2H3. The first kappa shape index (κ1) is 25.7. The van der Waals surface area contributed by atoms with Gasteiger partial charge in [0.2, 0.25) is 5.91 Å².